The Morgan fingerprint density at radius 3 is 1.49 bits per heavy atom. The summed E-state index contributed by atoms with van der Waals surface area (Å²) in [7, 11) is 0. The fourth-order valence-electron chi connectivity index (χ4n) is 5.83. The van der Waals surface area contributed by atoms with E-state index in [-0.39, 0.29) is 0 Å². The van der Waals surface area contributed by atoms with E-state index < -0.39 is 0 Å². The van der Waals surface area contributed by atoms with Crippen LogP contribution in [0, 0.1) is 11.3 Å². The molecule has 0 saturated heterocycles. The molecule has 0 unspecified atom stereocenters. The molecule has 3 nitrogen and oxygen atoms in total. The minimum Gasteiger partial charge on any atom is -0.487 e. The zero-order chi connectivity index (χ0) is 32.0. The molecule has 0 radical (unpaired) electrons. The maximum absolute atomic E-state index is 9.26. The average Bonchev–Trinajstić information content (AvgIpc) is 3.15. The molecule has 3 heteroatoms. The lowest BCUT2D eigenvalue weighted by molar-refractivity contribution is 0.308. The molecule has 0 aliphatic rings. The molecular weight excluding hydrogens is 572 g/mol. The number of anilines is 1. The number of nitriles is 1. The first kappa shape index (κ1) is 29.3. The second-order valence-corrected chi connectivity index (χ2v) is 11.5. The minimum atomic E-state index is 0.409. The molecule has 0 spiro atoms. The summed E-state index contributed by atoms with van der Waals surface area (Å²) in [5.41, 5.74) is 19.9. The molecule has 0 aliphatic heterocycles. The number of nitrogen functional groups attached to an aromatic ring is 1. The van der Waals surface area contributed by atoms with E-state index in [4.69, 9.17) is 10.5 Å². The monoisotopic (exact) mass is 604 g/mol. The van der Waals surface area contributed by atoms with Crippen LogP contribution in [0.15, 0.2) is 170 Å². The molecule has 224 valence electrons. The second-order valence-electron chi connectivity index (χ2n) is 11.5. The van der Waals surface area contributed by atoms with Gasteiger partial charge in [-0.05, 0) is 79.9 Å². The summed E-state index contributed by atoms with van der Waals surface area (Å²) in [5, 5.41) is 9.26. The van der Waals surface area contributed by atoms with Crippen molar-refractivity contribution in [3.63, 3.8) is 0 Å². The molecule has 0 aliphatic carbocycles. The van der Waals surface area contributed by atoms with Gasteiger partial charge in [0, 0.05) is 5.56 Å². The van der Waals surface area contributed by atoms with Gasteiger partial charge in [0.1, 0.15) is 12.4 Å². The number of hydrogen-bond acceptors (Lipinski definition) is 3. The van der Waals surface area contributed by atoms with Crippen molar-refractivity contribution in [2.24, 2.45) is 0 Å². The molecule has 0 heterocycles. The Labute approximate surface area is 275 Å². The lowest BCUT2D eigenvalue weighted by atomic mass is 9.95. The van der Waals surface area contributed by atoms with Gasteiger partial charge in [0.2, 0.25) is 0 Å². The predicted octanol–water partition coefficient (Wildman–Crippen LogP) is 11.1. The topological polar surface area (TPSA) is 59.0 Å². The van der Waals surface area contributed by atoms with Gasteiger partial charge in [-0.1, -0.05) is 146 Å². The van der Waals surface area contributed by atoms with Gasteiger partial charge in [-0.2, -0.15) is 5.26 Å². The van der Waals surface area contributed by atoms with E-state index in [1.807, 2.05) is 54.6 Å². The summed E-state index contributed by atoms with van der Waals surface area (Å²) < 4.78 is 6.41. The van der Waals surface area contributed by atoms with Gasteiger partial charge >= 0.3 is 0 Å². The average molecular weight is 605 g/mol. The fraction of sp³-hybridized carbons (Fsp3) is 0.0227. The standard InChI is InChI=1S/C44H32N2O/c45-29-32-8-7-13-40(26-32)37-22-18-35(19-23-37)36-20-24-38(25-21-36)41-27-42(39-11-5-2-6-12-39)44(46)43(28-41)47-30-31-14-16-34(17-15-31)33-9-3-1-4-10-33/h1-28H,30,46H2. The van der Waals surface area contributed by atoms with Crippen LogP contribution in [0.1, 0.15) is 11.1 Å². The van der Waals surface area contributed by atoms with Gasteiger partial charge in [-0.3, -0.25) is 0 Å². The highest BCUT2D eigenvalue weighted by atomic mass is 16.5. The summed E-state index contributed by atoms with van der Waals surface area (Å²) in [4.78, 5) is 0. The van der Waals surface area contributed by atoms with Crippen molar-refractivity contribution in [1.29, 1.82) is 5.26 Å². The van der Waals surface area contributed by atoms with Crippen LogP contribution in [0.4, 0.5) is 5.69 Å². The minimum absolute atomic E-state index is 0.409. The van der Waals surface area contributed by atoms with Crippen molar-refractivity contribution in [3.8, 4) is 67.5 Å². The first-order valence-corrected chi connectivity index (χ1v) is 15.6. The summed E-state index contributed by atoms with van der Waals surface area (Å²) in [6.45, 7) is 0.409. The Hall–Kier alpha value is -6.37. The van der Waals surface area contributed by atoms with Crippen LogP contribution in [0.5, 0.6) is 5.75 Å². The van der Waals surface area contributed by atoms with Crippen LogP contribution in [-0.2, 0) is 6.61 Å². The van der Waals surface area contributed by atoms with Gasteiger partial charge in [-0.25, -0.2) is 0 Å². The van der Waals surface area contributed by atoms with Gasteiger partial charge in [0.15, 0.2) is 0 Å². The molecule has 0 amide bonds. The smallest absolute Gasteiger partial charge is 0.143 e. The van der Waals surface area contributed by atoms with Gasteiger partial charge in [0.25, 0.3) is 0 Å². The van der Waals surface area contributed by atoms with Crippen LogP contribution in [0.2, 0.25) is 0 Å². The van der Waals surface area contributed by atoms with Crippen molar-refractivity contribution < 1.29 is 4.74 Å². The zero-order valence-electron chi connectivity index (χ0n) is 25.8. The Balaban J connectivity index is 1.15. The molecule has 0 saturated carbocycles. The molecule has 7 aromatic rings. The fourth-order valence-corrected chi connectivity index (χ4v) is 5.83. The lowest BCUT2D eigenvalue weighted by Crippen LogP contribution is -2.01. The van der Waals surface area contributed by atoms with E-state index in [1.54, 1.807) is 0 Å². The largest absolute Gasteiger partial charge is 0.487 e. The molecule has 0 atom stereocenters. The van der Waals surface area contributed by atoms with Crippen molar-refractivity contribution in [2.75, 3.05) is 5.73 Å². The van der Waals surface area contributed by atoms with Crippen molar-refractivity contribution in [1.82, 2.24) is 0 Å². The van der Waals surface area contributed by atoms with E-state index in [0.717, 1.165) is 50.1 Å². The lowest BCUT2D eigenvalue weighted by Gasteiger charge is -2.16. The molecule has 47 heavy (non-hydrogen) atoms. The van der Waals surface area contributed by atoms with Crippen molar-refractivity contribution in [2.45, 2.75) is 6.61 Å². The highest BCUT2D eigenvalue weighted by Gasteiger charge is 2.14. The zero-order valence-corrected chi connectivity index (χ0v) is 25.8. The van der Waals surface area contributed by atoms with E-state index in [2.05, 4.69) is 121 Å². The first-order chi connectivity index (χ1) is 23.1. The number of rotatable bonds is 8. The van der Waals surface area contributed by atoms with E-state index >= 15 is 0 Å². The highest BCUT2D eigenvalue weighted by Crippen LogP contribution is 2.39. The quantitative estimate of drug-likeness (QED) is 0.176. The summed E-state index contributed by atoms with van der Waals surface area (Å²) in [6.07, 6.45) is 0. The van der Waals surface area contributed by atoms with Gasteiger partial charge in [-0.15, -0.1) is 0 Å². The van der Waals surface area contributed by atoms with Crippen LogP contribution in [0.25, 0.3) is 55.6 Å². The SMILES string of the molecule is N#Cc1cccc(-c2ccc(-c3ccc(-c4cc(OCc5ccc(-c6ccccc6)cc5)c(N)c(-c5ccccc5)c4)cc3)cc2)c1. The van der Waals surface area contributed by atoms with Crippen LogP contribution >= 0.6 is 0 Å². The van der Waals surface area contributed by atoms with Crippen molar-refractivity contribution in [3.05, 3.63) is 181 Å². The molecule has 0 aromatic heterocycles. The van der Waals surface area contributed by atoms with E-state index in [0.29, 0.717) is 23.6 Å². The molecule has 7 rings (SSSR count). The Morgan fingerprint density at radius 1 is 0.447 bits per heavy atom. The summed E-state index contributed by atoms with van der Waals surface area (Å²) in [5.74, 6) is 0.661. The predicted molar refractivity (Wildman–Crippen MR) is 194 cm³/mol. The Kier molecular flexibility index (Phi) is 8.32. The third-order valence-corrected chi connectivity index (χ3v) is 8.44. The molecule has 7 aromatic carbocycles. The van der Waals surface area contributed by atoms with E-state index in [1.165, 1.54) is 11.1 Å². The summed E-state index contributed by atoms with van der Waals surface area (Å²) in [6, 6.07) is 60.2. The van der Waals surface area contributed by atoms with Crippen LogP contribution < -0.4 is 10.5 Å². The van der Waals surface area contributed by atoms with Crippen LogP contribution in [-0.4, -0.2) is 0 Å². The molecule has 0 bridgehead atoms. The normalized spacial score (nSPS) is 10.7. The number of hydrogen-bond donors (Lipinski definition) is 1. The van der Waals surface area contributed by atoms with Crippen LogP contribution in [0.3, 0.4) is 0 Å². The maximum atomic E-state index is 9.26. The first-order valence-electron chi connectivity index (χ1n) is 15.6. The Bertz CT molecular complexity index is 2160. The highest BCUT2D eigenvalue weighted by molar-refractivity contribution is 5.86. The molecule has 0 fully saturated rings. The number of nitrogens with two attached hydrogens (primary N) is 1. The van der Waals surface area contributed by atoms with Gasteiger partial charge < -0.3 is 10.5 Å². The number of nitrogens with zero attached hydrogens (tertiary/aromatic N) is 1. The number of benzene rings is 7. The Morgan fingerprint density at radius 2 is 0.915 bits per heavy atom. The van der Waals surface area contributed by atoms with Gasteiger partial charge in [0.05, 0.1) is 17.3 Å². The molecule has 2 N–H and O–H groups in total. The second kappa shape index (κ2) is 13.3. The molecular formula is C44H32N2O. The third kappa shape index (κ3) is 6.54. The van der Waals surface area contributed by atoms with E-state index in [9.17, 15) is 5.26 Å². The van der Waals surface area contributed by atoms with Crippen molar-refractivity contribution >= 4 is 5.69 Å². The summed E-state index contributed by atoms with van der Waals surface area (Å²) >= 11 is 0. The maximum Gasteiger partial charge on any atom is 0.143 e. The third-order valence-electron chi connectivity index (χ3n) is 8.44. The number of ether oxygens (including phenoxy) is 1.